The smallest absolute Gasteiger partial charge is 0.323 e. The van der Waals surface area contributed by atoms with Crippen LogP contribution in [0, 0.1) is 0 Å². The fourth-order valence-electron chi connectivity index (χ4n) is 2.76. The van der Waals surface area contributed by atoms with Crippen molar-refractivity contribution < 1.29 is 14.3 Å². The third-order valence-corrected chi connectivity index (χ3v) is 4.89. The molecule has 1 aliphatic heterocycles. The molecule has 1 amide bonds. The second-order valence-electron chi connectivity index (χ2n) is 5.90. The molecule has 1 N–H and O–H groups in total. The molecule has 0 aromatic heterocycles. The number of benzene rings is 1. The number of carbonyl (C=O) groups is 2. The standard InChI is InChI=1S/C17H24N2O3S/c1-12(2)18-16(20)9-19-14(13-7-5-4-6-8-13)10-23-11-15(19)17(21)22-3/h4-8,12,14-15H,9-11H2,1-3H3,(H,18,20). The lowest BCUT2D eigenvalue weighted by molar-refractivity contribution is -0.147. The van der Waals surface area contributed by atoms with E-state index in [2.05, 4.69) is 5.32 Å². The molecule has 126 valence electrons. The highest BCUT2D eigenvalue weighted by Crippen LogP contribution is 2.33. The number of esters is 1. The second-order valence-corrected chi connectivity index (χ2v) is 6.97. The lowest BCUT2D eigenvalue weighted by atomic mass is 10.0. The minimum atomic E-state index is -0.401. The van der Waals surface area contributed by atoms with Crippen molar-refractivity contribution in [2.24, 2.45) is 0 Å². The Hall–Kier alpha value is -1.53. The van der Waals surface area contributed by atoms with Crippen molar-refractivity contribution in [3.8, 4) is 0 Å². The van der Waals surface area contributed by atoms with E-state index in [-0.39, 0.29) is 30.5 Å². The molecule has 1 aliphatic rings. The lowest BCUT2D eigenvalue weighted by Gasteiger charge is -2.40. The van der Waals surface area contributed by atoms with E-state index >= 15 is 0 Å². The Labute approximate surface area is 141 Å². The van der Waals surface area contributed by atoms with Crippen LogP contribution in [0.4, 0.5) is 0 Å². The predicted octanol–water partition coefficient (Wildman–Crippen LogP) is 1.84. The highest BCUT2D eigenvalue weighted by molar-refractivity contribution is 7.99. The van der Waals surface area contributed by atoms with Crippen molar-refractivity contribution in [3.05, 3.63) is 35.9 Å². The van der Waals surface area contributed by atoms with E-state index in [1.807, 2.05) is 49.1 Å². The van der Waals surface area contributed by atoms with Gasteiger partial charge in [0.2, 0.25) is 5.91 Å². The number of methoxy groups -OCH3 is 1. The number of rotatable bonds is 5. The van der Waals surface area contributed by atoms with Crippen LogP contribution in [0.2, 0.25) is 0 Å². The van der Waals surface area contributed by atoms with E-state index in [1.165, 1.54) is 7.11 Å². The summed E-state index contributed by atoms with van der Waals surface area (Å²) in [4.78, 5) is 26.4. The first-order chi connectivity index (χ1) is 11.0. The first-order valence-corrected chi connectivity index (χ1v) is 8.94. The number of ether oxygens (including phenoxy) is 1. The van der Waals surface area contributed by atoms with Crippen molar-refractivity contribution in [1.29, 1.82) is 0 Å². The van der Waals surface area contributed by atoms with E-state index in [9.17, 15) is 9.59 Å². The van der Waals surface area contributed by atoms with Crippen LogP contribution in [0.3, 0.4) is 0 Å². The Morgan fingerprint density at radius 1 is 1.30 bits per heavy atom. The van der Waals surface area contributed by atoms with Crippen molar-refractivity contribution in [2.75, 3.05) is 25.2 Å². The normalized spacial score (nSPS) is 21.9. The van der Waals surface area contributed by atoms with Gasteiger partial charge in [-0.2, -0.15) is 11.8 Å². The quantitative estimate of drug-likeness (QED) is 0.832. The fourth-order valence-corrected chi connectivity index (χ4v) is 4.05. The summed E-state index contributed by atoms with van der Waals surface area (Å²) in [5.41, 5.74) is 1.12. The summed E-state index contributed by atoms with van der Waals surface area (Å²) in [6.45, 7) is 4.05. The fraction of sp³-hybridized carbons (Fsp3) is 0.529. The Morgan fingerprint density at radius 3 is 2.61 bits per heavy atom. The molecular weight excluding hydrogens is 312 g/mol. The third kappa shape index (κ3) is 4.72. The Morgan fingerprint density at radius 2 is 2.00 bits per heavy atom. The zero-order valence-corrected chi connectivity index (χ0v) is 14.6. The predicted molar refractivity (Wildman–Crippen MR) is 92.3 cm³/mol. The van der Waals surface area contributed by atoms with Gasteiger partial charge in [-0.25, -0.2) is 0 Å². The van der Waals surface area contributed by atoms with Gasteiger partial charge < -0.3 is 10.1 Å². The molecule has 1 aromatic rings. The lowest BCUT2D eigenvalue weighted by Crippen LogP contribution is -2.53. The molecule has 1 saturated heterocycles. The maximum absolute atomic E-state index is 12.2. The molecule has 2 unspecified atom stereocenters. The SMILES string of the molecule is COC(=O)C1CSCC(c2ccccc2)N1CC(=O)NC(C)C. The first kappa shape index (κ1) is 17.8. The number of nitrogens with zero attached hydrogens (tertiary/aromatic N) is 1. The number of amides is 1. The average molecular weight is 336 g/mol. The molecule has 0 aliphatic carbocycles. The molecule has 5 nitrogen and oxygen atoms in total. The molecule has 1 fully saturated rings. The largest absolute Gasteiger partial charge is 0.468 e. The van der Waals surface area contributed by atoms with E-state index in [1.54, 1.807) is 11.8 Å². The van der Waals surface area contributed by atoms with Gasteiger partial charge in [-0.1, -0.05) is 30.3 Å². The van der Waals surface area contributed by atoms with Crippen LogP contribution in [0.15, 0.2) is 30.3 Å². The Balaban J connectivity index is 2.24. The van der Waals surface area contributed by atoms with Gasteiger partial charge in [0.05, 0.1) is 13.7 Å². The maximum Gasteiger partial charge on any atom is 0.323 e. The molecule has 6 heteroatoms. The van der Waals surface area contributed by atoms with Gasteiger partial charge >= 0.3 is 5.97 Å². The first-order valence-electron chi connectivity index (χ1n) is 7.78. The van der Waals surface area contributed by atoms with Gasteiger partial charge in [-0.3, -0.25) is 14.5 Å². The maximum atomic E-state index is 12.2. The number of carbonyl (C=O) groups excluding carboxylic acids is 2. The molecule has 1 heterocycles. The summed E-state index contributed by atoms with van der Waals surface area (Å²) in [5.74, 6) is 1.15. The third-order valence-electron chi connectivity index (χ3n) is 3.79. The van der Waals surface area contributed by atoms with Crippen LogP contribution >= 0.6 is 11.8 Å². The number of thioether (sulfide) groups is 1. The monoisotopic (exact) mass is 336 g/mol. The average Bonchev–Trinajstić information content (AvgIpc) is 2.54. The van der Waals surface area contributed by atoms with E-state index in [0.29, 0.717) is 5.75 Å². The molecule has 0 saturated carbocycles. The van der Waals surface area contributed by atoms with Crippen LogP contribution in [-0.2, 0) is 14.3 Å². The molecule has 2 atom stereocenters. The van der Waals surface area contributed by atoms with Crippen LogP contribution in [0.25, 0.3) is 0 Å². The van der Waals surface area contributed by atoms with Crippen LogP contribution in [-0.4, -0.2) is 54.0 Å². The topological polar surface area (TPSA) is 58.6 Å². The zero-order chi connectivity index (χ0) is 16.8. The van der Waals surface area contributed by atoms with Crippen molar-refractivity contribution >= 4 is 23.6 Å². The number of hydrogen-bond acceptors (Lipinski definition) is 5. The molecule has 1 aromatic carbocycles. The van der Waals surface area contributed by atoms with Gasteiger partial charge in [0.15, 0.2) is 0 Å². The van der Waals surface area contributed by atoms with Gasteiger partial charge in [-0.05, 0) is 19.4 Å². The molecule has 2 rings (SSSR count). The van der Waals surface area contributed by atoms with E-state index < -0.39 is 6.04 Å². The molecule has 23 heavy (non-hydrogen) atoms. The summed E-state index contributed by atoms with van der Waals surface area (Å²) >= 11 is 1.72. The summed E-state index contributed by atoms with van der Waals surface area (Å²) in [5, 5.41) is 2.90. The van der Waals surface area contributed by atoms with Crippen LogP contribution in [0.1, 0.15) is 25.5 Å². The van der Waals surface area contributed by atoms with E-state index in [4.69, 9.17) is 4.74 Å². The number of hydrogen-bond donors (Lipinski definition) is 1. The minimum Gasteiger partial charge on any atom is -0.468 e. The van der Waals surface area contributed by atoms with Crippen LogP contribution in [0.5, 0.6) is 0 Å². The van der Waals surface area contributed by atoms with Crippen LogP contribution < -0.4 is 5.32 Å². The second kappa shape index (κ2) is 8.36. The van der Waals surface area contributed by atoms with Gasteiger partial charge in [0.25, 0.3) is 0 Å². The van der Waals surface area contributed by atoms with Gasteiger partial charge in [-0.15, -0.1) is 0 Å². The molecule has 0 spiro atoms. The van der Waals surface area contributed by atoms with Crippen molar-refractivity contribution in [1.82, 2.24) is 10.2 Å². The summed E-state index contributed by atoms with van der Waals surface area (Å²) in [7, 11) is 1.39. The minimum absolute atomic E-state index is 0.0250. The Kier molecular flexibility index (Phi) is 6.47. The van der Waals surface area contributed by atoms with Crippen molar-refractivity contribution in [3.63, 3.8) is 0 Å². The molecule has 0 bridgehead atoms. The van der Waals surface area contributed by atoms with E-state index in [0.717, 1.165) is 11.3 Å². The van der Waals surface area contributed by atoms with Gasteiger partial charge in [0.1, 0.15) is 6.04 Å². The number of nitrogens with one attached hydrogen (secondary N) is 1. The molecular formula is C17H24N2O3S. The zero-order valence-electron chi connectivity index (χ0n) is 13.8. The Bertz CT molecular complexity index is 536. The summed E-state index contributed by atoms with van der Waals surface area (Å²) in [6, 6.07) is 9.71. The summed E-state index contributed by atoms with van der Waals surface area (Å²) < 4.78 is 4.94. The van der Waals surface area contributed by atoms with Crippen molar-refractivity contribution in [2.45, 2.75) is 32.0 Å². The summed E-state index contributed by atoms with van der Waals surface area (Å²) in [6.07, 6.45) is 0. The highest BCUT2D eigenvalue weighted by atomic mass is 32.2. The van der Waals surface area contributed by atoms with Gasteiger partial charge in [0, 0.05) is 23.6 Å². The molecule has 0 radical (unpaired) electrons. The highest BCUT2D eigenvalue weighted by Gasteiger charge is 2.37.